The summed E-state index contributed by atoms with van der Waals surface area (Å²) in [6.45, 7) is 2.48. The predicted octanol–water partition coefficient (Wildman–Crippen LogP) is 1.99. The topological polar surface area (TPSA) is 72.2 Å². The van der Waals surface area contributed by atoms with E-state index in [-0.39, 0.29) is 11.4 Å². The lowest BCUT2D eigenvalue weighted by molar-refractivity contribution is 0.580. The van der Waals surface area contributed by atoms with Crippen LogP contribution in [0.1, 0.15) is 16.0 Å². The first kappa shape index (κ1) is 14.2. The van der Waals surface area contributed by atoms with Crippen LogP contribution >= 0.6 is 11.3 Å². The second-order valence-electron chi connectivity index (χ2n) is 4.16. The lowest BCUT2D eigenvalue weighted by atomic mass is 10.2. The minimum atomic E-state index is -3.52. The van der Waals surface area contributed by atoms with Crippen molar-refractivity contribution in [3.05, 3.63) is 51.7 Å². The van der Waals surface area contributed by atoms with Gasteiger partial charge < -0.3 is 5.73 Å². The fourth-order valence-corrected chi connectivity index (χ4v) is 3.94. The van der Waals surface area contributed by atoms with Gasteiger partial charge in [-0.05, 0) is 35.6 Å². The van der Waals surface area contributed by atoms with E-state index in [0.29, 0.717) is 12.1 Å². The minimum Gasteiger partial charge on any atom is -0.326 e. The number of sulfonamides is 1. The number of thiophene rings is 1. The fraction of sp³-hybridized carbons (Fsp3) is 0.231. The first-order valence-corrected chi connectivity index (χ1v) is 8.21. The summed E-state index contributed by atoms with van der Waals surface area (Å²) >= 11 is 1.54. The third kappa shape index (κ3) is 3.22. The number of benzene rings is 1. The molecule has 0 saturated carbocycles. The van der Waals surface area contributed by atoms with Gasteiger partial charge in [0.25, 0.3) is 0 Å². The van der Waals surface area contributed by atoms with Crippen LogP contribution in [0.4, 0.5) is 0 Å². The summed E-state index contributed by atoms with van der Waals surface area (Å²) in [5, 5.41) is 1.95. The highest BCUT2D eigenvalue weighted by molar-refractivity contribution is 7.89. The van der Waals surface area contributed by atoms with E-state index in [4.69, 9.17) is 5.73 Å². The number of rotatable bonds is 5. The normalized spacial score (nSPS) is 11.7. The van der Waals surface area contributed by atoms with E-state index in [1.165, 1.54) is 0 Å². The highest BCUT2D eigenvalue weighted by Gasteiger charge is 2.17. The summed E-state index contributed by atoms with van der Waals surface area (Å²) in [4.78, 5) is 1.28. The molecule has 0 spiro atoms. The number of hydrogen-bond donors (Lipinski definition) is 2. The fourth-order valence-electron chi connectivity index (χ4n) is 1.76. The molecule has 1 aromatic carbocycles. The van der Waals surface area contributed by atoms with Crippen molar-refractivity contribution in [1.29, 1.82) is 0 Å². The van der Waals surface area contributed by atoms with Gasteiger partial charge in [-0.15, -0.1) is 11.3 Å². The molecule has 6 heteroatoms. The van der Waals surface area contributed by atoms with E-state index in [9.17, 15) is 8.42 Å². The van der Waals surface area contributed by atoms with Crippen LogP contribution in [0.3, 0.4) is 0 Å². The van der Waals surface area contributed by atoms with Crippen LogP contribution in [0.25, 0.3) is 0 Å². The molecule has 19 heavy (non-hydrogen) atoms. The molecule has 2 aromatic rings. The number of nitrogens with one attached hydrogen (secondary N) is 1. The van der Waals surface area contributed by atoms with Gasteiger partial charge in [0, 0.05) is 18.0 Å². The van der Waals surface area contributed by atoms with Gasteiger partial charge in [-0.1, -0.05) is 18.2 Å². The molecule has 3 N–H and O–H groups in total. The van der Waals surface area contributed by atoms with Crippen molar-refractivity contribution in [3.63, 3.8) is 0 Å². The Hall–Kier alpha value is -1.21. The Morgan fingerprint density at radius 1 is 1.26 bits per heavy atom. The average Bonchev–Trinajstić information content (AvgIpc) is 2.82. The molecule has 0 fully saturated rings. The number of aryl methyl sites for hydroxylation is 1. The van der Waals surface area contributed by atoms with Crippen LogP contribution < -0.4 is 10.5 Å². The zero-order chi connectivity index (χ0) is 13.9. The summed E-state index contributed by atoms with van der Waals surface area (Å²) in [6.07, 6.45) is 0. The summed E-state index contributed by atoms with van der Waals surface area (Å²) < 4.78 is 27.1. The summed E-state index contributed by atoms with van der Waals surface area (Å²) in [5.74, 6) is 0. The first-order chi connectivity index (χ1) is 9.04. The molecule has 0 radical (unpaired) electrons. The van der Waals surface area contributed by atoms with E-state index >= 15 is 0 Å². The standard InChI is InChI=1S/C13H16N2O2S2/c1-10-6-7-18-12(10)9-15-19(16,17)13-5-3-2-4-11(13)8-14/h2-7,15H,8-9,14H2,1H3. The van der Waals surface area contributed by atoms with E-state index in [1.807, 2.05) is 18.4 Å². The number of hydrogen-bond acceptors (Lipinski definition) is 4. The smallest absolute Gasteiger partial charge is 0.241 e. The molecule has 1 heterocycles. The highest BCUT2D eigenvalue weighted by atomic mass is 32.2. The Balaban J connectivity index is 2.21. The van der Waals surface area contributed by atoms with E-state index in [2.05, 4.69) is 4.72 Å². The highest BCUT2D eigenvalue weighted by Crippen LogP contribution is 2.18. The van der Waals surface area contributed by atoms with E-state index in [0.717, 1.165) is 10.4 Å². The van der Waals surface area contributed by atoms with Gasteiger partial charge in [-0.25, -0.2) is 13.1 Å². The second-order valence-corrected chi connectivity index (χ2v) is 6.90. The molecule has 0 unspecified atom stereocenters. The molecule has 2 rings (SSSR count). The van der Waals surface area contributed by atoms with Crippen LogP contribution in [0.15, 0.2) is 40.6 Å². The van der Waals surface area contributed by atoms with Crippen molar-refractivity contribution in [2.24, 2.45) is 5.73 Å². The molecule has 0 aliphatic rings. The van der Waals surface area contributed by atoms with Crippen LogP contribution in [0.2, 0.25) is 0 Å². The predicted molar refractivity (Wildman–Crippen MR) is 77.4 cm³/mol. The Morgan fingerprint density at radius 2 is 2.00 bits per heavy atom. The Morgan fingerprint density at radius 3 is 2.63 bits per heavy atom. The largest absolute Gasteiger partial charge is 0.326 e. The zero-order valence-electron chi connectivity index (χ0n) is 10.6. The Labute approximate surface area is 117 Å². The third-order valence-corrected chi connectivity index (χ3v) is 5.40. The van der Waals surface area contributed by atoms with E-state index < -0.39 is 10.0 Å². The SMILES string of the molecule is Cc1ccsc1CNS(=O)(=O)c1ccccc1CN. The summed E-state index contributed by atoms with van der Waals surface area (Å²) in [6, 6.07) is 8.76. The van der Waals surface area contributed by atoms with Gasteiger partial charge in [0.1, 0.15) is 0 Å². The van der Waals surface area contributed by atoms with Crippen LogP contribution in [0, 0.1) is 6.92 Å². The first-order valence-electron chi connectivity index (χ1n) is 5.85. The van der Waals surface area contributed by atoms with Crippen molar-refractivity contribution in [1.82, 2.24) is 4.72 Å². The molecular formula is C13H16N2O2S2. The van der Waals surface area contributed by atoms with Gasteiger partial charge >= 0.3 is 0 Å². The van der Waals surface area contributed by atoms with Crippen LogP contribution in [-0.4, -0.2) is 8.42 Å². The zero-order valence-corrected chi connectivity index (χ0v) is 12.2. The number of nitrogens with two attached hydrogens (primary N) is 1. The third-order valence-electron chi connectivity index (χ3n) is 2.87. The van der Waals surface area contributed by atoms with Gasteiger partial charge in [-0.3, -0.25) is 0 Å². The lowest BCUT2D eigenvalue weighted by Crippen LogP contribution is -2.24. The second kappa shape index (κ2) is 5.83. The minimum absolute atomic E-state index is 0.203. The maximum Gasteiger partial charge on any atom is 0.241 e. The van der Waals surface area contributed by atoms with Gasteiger partial charge in [0.15, 0.2) is 0 Å². The molecule has 102 valence electrons. The molecule has 0 amide bonds. The van der Waals surface area contributed by atoms with Gasteiger partial charge in [-0.2, -0.15) is 0 Å². The summed E-state index contributed by atoms with van der Waals surface area (Å²) in [7, 11) is -3.52. The van der Waals surface area contributed by atoms with Crippen molar-refractivity contribution in [3.8, 4) is 0 Å². The summed E-state index contributed by atoms with van der Waals surface area (Å²) in [5.41, 5.74) is 7.29. The molecule has 0 aliphatic carbocycles. The molecule has 1 aromatic heterocycles. The average molecular weight is 296 g/mol. The van der Waals surface area contributed by atoms with Gasteiger partial charge in [0.05, 0.1) is 4.90 Å². The van der Waals surface area contributed by atoms with Crippen molar-refractivity contribution in [2.75, 3.05) is 0 Å². The van der Waals surface area contributed by atoms with Crippen LogP contribution in [0.5, 0.6) is 0 Å². The Bertz CT molecular complexity index is 663. The van der Waals surface area contributed by atoms with Crippen LogP contribution in [-0.2, 0) is 23.1 Å². The van der Waals surface area contributed by atoms with E-state index in [1.54, 1.807) is 35.6 Å². The van der Waals surface area contributed by atoms with Crippen molar-refractivity contribution < 1.29 is 8.42 Å². The quantitative estimate of drug-likeness (QED) is 0.886. The molecule has 0 saturated heterocycles. The maximum absolute atomic E-state index is 12.3. The molecule has 0 aliphatic heterocycles. The molecular weight excluding hydrogens is 280 g/mol. The van der Waals surface area contributed by atoms with Crippen molar-refractivity contribution in [2.45, 2.75) is 24.9 Å². The van der Waals surface area contributed by atoms with Crippen molar-refractivity contribution >= 4 is 21.4 Å². The molecule has 0 bridgehead atoms. The monoisotopic (exact) mass is 296 g/mol. The lowest BCUT2D eigenvalue weighted by Gasteiger charge is -2.10. The molecule has 0 atom stereocenters. The van der Waals surface area contributed by atoms with Gasteiger partial charge in [0.2, 0.25) is 10.0 Å². The maximum atomic E-state index is 12.3. The Kier molecular flexibility index (Phi) is 4.36. The molecule has 4 nitrogen and oxygen atoms in total.